The van der Waals surface area contributed by atoms with E-state index >= 15 is 0 Å². The second-order valence-corrected chi connectivity index (χ2v) is 4.73. The van der Waals surface area contributed by atoms with Gasteiger partial charge in [0.1, 0.15) is 11.5 Å². The molecule has 0 N–H and O–H groups in total. The van der Waals surface area contributed by atoms with Crippen molar-refractivity contribution in [1.82, 2.24) is 0 Å². The molecule has 3 aromatic rings. The van der Waals surface area contributed by atoms with Crippen LogP contribution in [-0.4, -0.2) is 5.97 Å². The van der Waals surface area contributed by atoms with E-state index in [1.165, 1.54) is 0 Å². The maximum absolute atomic E-state index is 12.4. The number of ether oxygens (including phenoxy) is 1. The highest BCUT2D eigenvalue weighted by atomic mass is 16.5. The maximum Gasteiger partial charge on any atom is 0.344 e. The standard InChI is InChI=1S/C18H14O3/c1-13-8-10-14(11-9-13)21-18(19)16-6-3-2-5-15(16)17-7-4-12-20-17/h2-12H,1H3. The van der Waals surface area contributed by atoms with E-state index in [1.807, 2.05) is 37.3 Å². The van der Waals surface area contributed by atoms with Gasteiger partial charge in [0.2, 0.25) is 0 Å². The second-order valence-electron chi connectivity index (χ2n) is 4.73. The molecule has 0 aliphatic carbocycles. The molecular formula is C18H14O3. The van der Waals surface area contributed by atoms with E-state index in [9.17, 15) is 4.79 Å². The molecule has 0 unspecified atom stereocenters. The summed E-state index contributed by atoms with van der Waals surface area (Å²) in [6.45, 7) is 1.98. The number of furan rings is 1. The Morgan fingerprint density at radius 2 is 1.71 bits per heavy atom. The summed E-state index contributed by atoms with van der Waals surface area (Å²) in [6.07, 6.45) is 1.58. The molecule has 0 spiro atoms. The van der Waals surface area contributed by atoms with Crippen molar-refractivity contribution in [3.63, 3.8) is 0 Å². The summed E-state index contributed by atoms with van der Waals surface area (Å²) in [5.74, 6) is 0.775. The van der Waals surface area contributed by atoms with Crippen LogP contribution in [0.4, 0.5) is 0 Å². The van der Waals surface area contributed by atoms with Crippen LogP contribution in [0.3, 0.4) is 0 Å². The third-order valence-corrected chi connectivity index (χ3v) is 3.17. The number of hydrogen-bond acceptors (Lipinski definition) is 3. The van der Waals surface area contributed by atoms with Crippen molar-refractivity contribution < 1.29 is 13.9 Å². The lowest BCUT2D eigenvalue weighted by Crippen LogP contribution is -2.09. The van der Waals surface area contributed by atoms with Gasteiger partial charge in [-0.1, -0.05) is 35.9 Å². The molecule has 21 heavy (non-hydrogen) atoms. The second kappa shape index (κ2) is 5.67. The molecule has 0 bridgehead atoms. The quantitative estimate of drug-likeness (QED) is 0.524. The Labute approximate surface area is 122 Å². The van der Waals surface area contributed by atoms with E-state index in [0.717, 1.165) is 11.1 Å². The summed E-state index contributed by atoms with van der Waals surface area (Å²) in [7, 11) is 0. The fourth-order valence-electron chi connectivity index (χ4n) is 2.08. The molecule has 0 saturated carbocycles. The molecule has 3 rings (SSSR count). The van der Waals surface area contributed by atoms with Crippen LogP contribution in [0.25, 0.3) is 11.3 Å². The number of rotatable bonds is 3. The van der Waals surface area contributed by atoms with Crippen LogP contribution in [0.5, 0.6) is 5.75 Å². The Balaban J connectivity index is 1.90. The van der Waals surface area contributed by atoms with Crippen LogP contribution in [0.1, 0.15) is 15.9 Å². The van der Waals surface area contributed by atoms with Crippen molar-refractivity contribution in [2.45, 2.75) is 6.92 Å². The zero-order valence-electron chi connectivity index (χ0n) is 11.6. The number of hydrogen-bond donors (Lipinski definition) is 0. The topological polar surface area (TPSA) is 39.4 Å². The molecule has 2 aromatic carbocycles. The van der Waals surface area contributed by atoms with Crippen molar-refractivity contribution in [2.24, 2.45) is 0 Å². The molecule has 1 aromatic heterocycles. The van der Waals surface area contributed by atoms with Crippen molar-refractivity contribution in [3.8, 4) is 17.1 Å². The van der Waals surface area contributed by atoms with Gasteiger partial charge in [-0.25, -0.2) is 4.79 Å². The first-order valence-electron chi connectivity index (χ1n) is 6.66. The minimum absolute atomic E-state index is 0.397. The average Bonchev–Trinajstić information content (AvgIpc) is 3.04. The number of benzene rings is 2. The number of esters is 1. The van der Waals surface area contributed by atoms with Crippen LogP contribution >= 0.6 is 0 Å². The third kappa shape index (κ3) is 2.87. The van der Waals surface area contributed by atoms with Gasteiger partial charge >= 0.3 is 5.97 Å². The van der Waals surface area contributed by atoms with Gasteiger partial charge in [0.25, 0.3) is 0 Å². The minimum Gasteiger partial charge on any atom is -0.464 e. The molecule has 0 amide bonds. The highest BCUT2D eigenvalue weighted by Crippen LogP contribution is 2.25. The Kier molecular flexibility index (Phi) is 3.56. The first-order chi connectivity index (χ1) is 10.2. The van der Waals surface area contributed by atoms with Crippen molar-refractivity contribution >= 4 is 5.97 Å². The molecular weight excluding hydrogens is 264 g/mol. The Morgan fingerprint density at radius 1 is 0.952 bits per heavy atom. The van der Waals surface area contributed by atoms with E-state index in [4.69, 9.17) is 9.15 Å². The molecule has 0 radical (unpaired) electrons. The number of carbonyl (C=O) groups excluding carboxylic acids is 1. The molecule has 3 nitrogen and oxygen atoms in total. The van der Waals surface area contributed by atoms with Crippen molar-refractivity contribution in [2.75, 3.05) is 0 Å². The fraction of sp³-hybridized carbons (Fsp3) is 0.0556. The molecule has 0 fully saturated rings. The normalized spacial score (nSPS) is 10.3. The fourth-order valence-corrected chi connectivity index (χ4v) is 2.08. The van der Waals surface area contributed by atoms with E-state index in [2.05, 4.69) is 0 Å². The van der Waals surface area contributed by atoms with Gasteiger partial charge in [-0.2, -0.15) is 0 Å². The molecule has 0 atom stereocenters. The van der Waals surface area contributed by atoms with E-state index in [-0.39, 0.29) is 0 Å². The molecule has 104 valence electrons. The summed E-state index contributed by atoms with van der Waals surface area (Å²) in [4.78, 5) is 12.4. The molecule has 3 heteroatoms. The summed E-state index contributed by atoms with van der Waals surface area (Å²) in [6, 6.07) is 18.2. The van der Waals surface area contributed by atoms with Gasteiger partial charge in [0.05, 0.1) is 11.8 Å². The van der Waals surface area contributed by atoms with Gasteiger partial charge < -0.3 is 9.15 Å². The van der Waals surface area contributed by atoms with Crippen molar-refractivity contribution in [1.29, 1.82) is 0 Å². The minimum atomic E-state index is -0.397. The van der Waals surface area contributed by atoms with E-state index < -0.39 is 5.97 Å². The predicted molar refractivity (Wildman–Crippen MR) is 80.3 cm³/mol. The Bertz CT molecular complexity index is 740. The maximum atomic E-state index is 12.4. The summed E-state index contributed by atoms with van der Waals surface area (Å²) in [5, 5.41) is 0. The van der Waals surface area contributed by atoms with Gasteiger partial charge in [-0.15, -0.1) is 0 Å². The zero-order valence-corrected chi connectivity index (χ0v) is 11.6. The number of aryl methyl sites for hydroxylation is 1. The molecule has 1 heterocycles. The lowest BCUT2D eigenvalue weighted by molar-refractivity contribution is 0.0735. The van der Waals surface area contributed by atoms with Crippen LogP contribution < -0.4 is 4.74 Å². The zero-order chi connectivity index (χ0) is 14.7. The highest BCUT2D eigenvalue weighted by Gasteiger charge is 2.15. The lowest BCUT2D eigenvalue weighted by Gasteiger charge is -2.08. The first-order valence-corrected chi connectivity index (χ1v) is 6.66. The summed E-state index contributed by atoms with van der Waals surface area (Å²) < 4.78 is 10.8. The van der Waals surface area contributed by atoms with Gasteiger partial charge in [-0.05, 0) is 37.3 Å². The molecule has 0 aliphatic rings. The molecule has 0 aliphatic heterocycles. The number of carbonyl (C=O) groups is 1. The van der Waals surface area contributed by atoms with Crippen LogP contribution in [0.15, 0.2) is 71.3 Å². The predicted octanol–water partition coefficient (Wildman–Crippen LogP) is 4.47. The molecule has 0 saturated heterocycles. The lowest BCUT2D eigenvalue weighted by atomic mass is 10.1. The third-order valence-electron chi connectivity index (χ3n) is 3.17. The highest BCUT2D eigenvalue weighted by molar-refractivity contribution is 5.97. The van der Waals surface area contributed by atoms with Gasteiger partial charge in [0.15, 0.2) is 0 Å². The van der Waals surface area contributed by atoms with Gasteiger partial charge in [-0.3, -0.25) is 0 Å². The monoisotopic (exact) mass is 278 g/mol. The smallest absolute Gasteiger partial charge is 0.344 e. The van der Waals surface area contributed by atoms with E-state index in [0.29, 0.717) is 17.1 Å². The van der Waals surface area contributed by atoms with Gasteiger partial charge in [0, 0.05) is 5.56 Å². The van der Waals surface area contributed by atoms with Crippen molar-refractivity contribution in [3.05, 3.63) is 78.1 Å². The largest absolute Gasteiger partial charge is 0.464 e. The summed E-state index contributed by atoms with van der Waals surface area (Å²) in [5.41, 5.74) is 2.32. The first kappa shape index (κ1) is 13.2. The Morgan fingerprint density at radius 3 is 2.43 bits per heavy atom. The Hall–Kier alpha value is -2.81. The summed E-state index contributed by atoms with van der Waals surface area (Å²) >= 11 is 0. The SMILES string of the molecule is Cc1ccc(OC(=O)c2ccccc2-c2ccco2)cc1. The van der Waals surface area contributed by atoms with Crippen LogP contribution in [0.2, 0.25) is 0 Å². The van der Waals surface area contributed by atoms with E-state index in [1.54, 1.807) is 36.6 Å². The van der Waals surface area contributed by atoms with Crippen LogP contribution in [0, 0.1) is 6.92 Å². The van der Waals surface area contributed by atoms with Crippen LogP contribution in [-0.2, 0) is 0 Å². The average molecular weight is 278 g/mol.